The van der Waals surface area contributed by atoms with Crippen LogP contribution in [0.5, 0.6) is 0 Å². The molecule has 1 aromatic carbocycles. The van der Waals surface area contributed by atoms with Gasteiger partial charge in [-0.1, -0.05) is 18.2 Å². The van der Waals surface area contributed by atoms with E-state index in [1.54, 1.807) is 31.3 Å². The highest BCUT2D eigenvalue weighted by Crippen LogP contribution is 2.23. The van der Waals surface area contributed by atoms with E-state index in [1.165, 1.54) is 6.08 Å². The number of carbonyl (C=O) groups excluding carboxylic acids is 2. The van der Waals surface area contributed by atoms with Crippen LogP contribution in [0.3, 0.4) is 0 Å². The number of carbonyl (C=O) groups is 2. The van der Waals surface area contributed by atoms with E-state index in [0.717, 1.165) is 4.90 Å². The second kappa shape index (κ2) is 7.29. The molecule has 0 fully saturated rings. The van der Waals surface area contributed by atoms with Gasteiger partial charge >= 0.3 is 0 Å². The fourth-order valence-electron chi connectivity index (χ4n) is 2.37. The summed E-state index contributed by atoms with van der Waals surface area (Å²) in [4.78, 5) is 25.1. The number of aliphatic hydroxyl groups excluding tert-OH is 1. The van der Waals surface area contributed by atoms with Gasteiger partial charge in [0.1, 0.15) is 5.83 Å². The van der Waals surface area contributed by atoms with Crippen molar-refractivity contribution in [2.24, 2.45) is 0 Å². The number of aliphatic hydroxyl groups is 1. The zero-order chi connectivity index (χ0) is 16.1. The second-order valence-corrected chi connectivity index (χ2v) is 5.14. The molecule has 2 amide bonds. The van der Waals surface area contributed by atoms with Crippen molar-refractivity contribution in [3.8, 4) is 0 Å². The molecule has 1 aliphatic rings. The lowest BCUT2D eigenvalue weighted by atomic mass is 10.1. The molecule has 2 rings (SSSR count). The molecule has 0 spiro atoms. The summed E-state index contributed by atoms with van der Waals surface area (Å²) < 4.78 is 13.9. The molecule has 1 aromatic rings. The first-order valence-electron chi connectivity index (χ1n) is 7.16. The molecule has 1 atom stereocenters. The van der Waals surface area contributed by atoms with Crippen LogP contribution in [0.1, 0.15) is 33.6 Å². The van der Waals surface area contributed by atoms with Gasteiger partial charge in [-0.3, -0.25) is 14.5 Å². The molecule has 0 unspecified atom stereocenters. The first-order chi connectivity index (χ1) is 10.6. The fraction of sp³-hybridized carbons (Fsp3) is 0.375. The van der Waals surface area contributed by atoms with Gasteiger partial charge in [-0.25, -0.2) is 4.39 Å². The van der Waals surface area contributed by atoms with Crippen LogP contribution in [0.2, 0.25) is 0 Å². The molecule has 2 N–H and O–H groups in total. The van der Waals surface area contributed by atoms with Crippen molar-refractivity contribution in [1.29, 1.82) is 0 Å². The summed E-state index contributed by atoms with van der Waals surface area (Å²) in [7, 11) is 1.72. The van der Waals surface area contributed by atoms with Crippen LogP contribution >= 0.6 is 0 Å². The SMILES string of the molecule is CN[C@H](CO)CC/C=C(\F)CN1C(=O)c2ccccc2C1=O. The van der Waals surface area contributed by atoms with Gasteiger partial charge in [0.25, 0.3) is 11.8 Å². The molecule has 0 saturated carbocycles. The summed E-state index contributed by atoms with van der Waals surface area (Å²) >= 11 is 0. The molecule has 0 saturated heterocycles. The molecule has 0 radical (unpaired) electrons. The van der Waals surface area contributed by atoms with Crippen LogP contribution in [0, 0.1) is 0 Å². The van der Waals surface area contributed by atoms with Crippen LogP contribution in [0.25, 0.3) is 0 Å². The largest absolute Gasteiger partial charge is 0.395 e. The molecule has 0 aromatic heterocycles. The molecule has 6 heteroatoms. The summed E-state index contributed by atoms with van der Waals surface area (Å²) in [6.45, 7) is -0.375. The first kappa shape index (κ1) is 16.3. The molecule has 1 heterocycles. The van der Waals surface area contributed by atoms with Crippen LogP contribution < -0.4 is 5.32 Å². The minimum Gasteiger partial charge on any atom is -0.395 e. The molecular weight excluding hydrogens is 287 g/mol. The van der Waals surface area contributed by atoms with Crippen LogP contribution in [-0.4, -0.2) is 48.1 Å². The Hall–Kier alpha value is -2.05. The normalized spacial score (nSPS) is 16.1. The number of fused-ring (bicyclic) bond motifs is 1. The summed E-state index contributed by atoms with van der Waals surface area (Å²) in [5.41, 5.74) is 0.631. The third-order valence-corrected chi connectivity index (χ3v) is 3.70. The number of hydrogen-bond acceptors (Lipinski definition) is 4. The Bertz CT molecular complexity index is 562. The number of amides is 2. The Labute approximate surface area is 128 Å². The van der Waals surface area contributed by atoms with E-state index in [1.807, 2.05) is 0 Å². The van der Waals surface area contributed by atoms with E-state index in [0.29, 0.717) is 24.0 Å². The lowest BCUT2D eigenvalue weighted by Gasteiger charge is -2.13. The van der Waals surface area contributed by atoms with E-state index in [-0.39, 0.29) is 19.2 Å². The van der Waals surface area contributed by atoms with E-state index < -0.39 is 17.6 Å². The summed E-state index contributed by atoms with van der Waals surface area (Å²) in [6.07, 6.45) is 2.34. The second-order valence-electron chi connectivity index (χ2n) is 5.14. The first-order valence-corrected chi connectivity index (χ1v) is 7.16. The van der Waals surface area contributed by atoms with E-state index in [9.17, 15) is 14.0 Å². The lowest BCUT2D eigenvalue weighted by molar-refractivity contribution is 0.0660. The lowest BCUT2D eigenvalue weighted by Crippen LogP contribution is -2.31. The van der Waals surface area contributed by atoms with Gasteiger partial charge in [-0.15, -0.1) is 0 Å². The highest BCUT2D eigenvalue weighted by atomic mass is 19.1. The summed E-state index contributed by atoms with van der Waals surface area (Å²) in [5, 5.41) is 11.9. The maximum absolute atomic E-state index is 13.9. The van der Waals surface area contributed by atoms with Crippen molar-refractivity contribution < 1.29 is 19.1 Å². The maximum atomic E-state index is 13.9. The van der Waals surface area contributed by atoms with Crippen LogP contribution in [0.15, 0.2) is 36.2 Å². The minimum atomic E-state index is -0.526. The van der Waals surface area contributed by atoms with Crippen molar-refractivity contribution >= 4 is 11.8 Å². The topological polar surface area (TPSA) is 69.6 Å². The zero-order valence-corrected chi connectivity index (χ0v) is 12.4. The smallest absolute Gasteiger partial charge is 0.261 e. The standard InChI is InChI=1S/C16H19FN2O3/c1-18-12(10-20)6-4-5-11(17)9-19-15(21)13-7-2-3-8-14(13)16(19)22/h2-3,5,7-8,12,18,20H,4,6,9-10H2,1H3/b11-5-/t12-/m0/s1. The average molecular weight is 306 g/mol. The number of nitrogens with one attached hydrogen (secondary N) is 1. The van der Waals surface area contributed by atoms with E-state index in [2.05, 4.69) is 5.32 Å². The molecule has 22 heavy (non-hydrogen) atoms. The van der Waals surface area contributed by atoms with Crippen LogP contribution in [-0.2, 0) is 0 Å². The number of halogens is 1. The fourth-order valence-corrected chi connectivity index (χ4v) is 2.37. The molecule has 0 aliphatic carbocycles. The highest BCUT2D eigenvalue weighted by Gasteiger charge is 2.35. The van der Waals surface area contributed by atoms with Gasteiger partial charge in [0.15, 0.2) is 0 Å². The molecule has 5 nitrogen and oxygen atoms in total. The van der Waals surface area contributed by atoms with Gasteiger partial charge in [-0.05, 0) is 32.0 Å². The Morgan fingerprint density at radius 3 is 2.41 bits per heavy atom. The number of likely N-dealkylation sites (N-methyl/N-ethyl adjacent to an activating group) is 1. The zero-order valence-electron chi connectivity index (χ0n) is 12.4. The Morgan fingerprint density at radius 2 is 1.91 bits per heavy atom. The third kappa shape index (κ3) is 3.40. The monoisotopic (exact) mass is 306 g/mol. The molecule has 0 bridgehead atoms. The number of hydrogen-bond donors (Lipinski definition) is 2. The number of nitrogens with zero attached hydrogens (tertiary/aromatic N) is 1. The van der Waals surface area contributed by atoms with Gasteiger partial charge in [0.05, 0.1) is 24.3 Å². The number of imide groups is 1. The van der Waals surface area contributed by atoms with Gasteiger partial charge < -0.3 is 10.4 Å². The minimum absolute atomic E-state index is 0.0234. The number of rotatable bonds is 7. The van der Waals surface area contributed by atoms with Crippen molar-refractivity contribution in [2.45, 2.75) is 18.9 Å². The number of benzene rings is 1. The Balaban J connectivity index is 1.97. The molecule has 118 valence electrons. The van der Waals surface area contributed by atoms with Crippen molar-refractivity contribution in [3.63, 3.8) is 0 Å². The van der Waals surface area contributed by atoms with Crippen molar-refractivity contribution in [1.82, 2.24) is 10.2 Å². The third-order valence-electron chi connectivity index (χ3n) is 3.70. The van der Waals surface area contributed by atoms with E-state index in [4.69, 9.17) is 5.11 Å². The predicted molar refractivity (Wildman–Crippen MR) is 80.2 cm³/mol. The van der Waals surface area contributed by atoms with E-state index >= 15 is 0 Å². The summed E-state index contributed by atoms with van der Waals surface area (Å²) in [6, 6.07) is 6.38. The van der Waals surface area contributed by atoms with Crippen molar-refractivity contribution in [2.75, 3.05) is 20.2 Å². The predicted octanol–water partition coefficient (Wildman–Crippen LogP) is 1.50. The highest BCUT2D eigenvalue weighted by molar-refractivity contribution is 6.21. The van der Waals surface area contributed by atoms with Gasteiger partial charge in [0, 0.05) is 6.04 Å². The number of allylic oxidation sites excluding steroid dienone is 1. The van der Waals surface area contributed by atoms with Gasteiger partial charge in [0.2, 0.25) is 0 Å². The molecule has 1 aliphatic heterocycles. The molecular formula is C16H19FN2O3. The maximum Gasteiger partial charge on any atom is 0.261 e. The van der Waals surface area contributed by atoms with Crippen LogP contribution in [0.4, 0.5) is 4.39 Å². The average Bonchev–Trinajstić information content (AvgIpc) is 2.77. The Kier molecular flexibility index (Phi) is 5.41. The van der Waals surface area contributed by atoms with Gasteiger partial charge in [-0.2, -0.15) is 0 Å². The summed E-state index contributed by atoms with van der Waals surface area (Å²) in [5.74, 6) is -1.46. The van der Waals surface area contributed by atoms with Crippen molar-refractivity contribution in [3.05, 3.63) is 47.3 Å². The Morgan fingerprint density at radius 1 is 1.32 bits per heavy atom. The quantitative estimate of drug-likeness (QED) is 0.749.